The zero-order valence-electron chi connectivity index (χ0n) is 13.0. The van der Waals surface area contributed by atoms with Crippen molar-refractivity contribution in [1.29, 1.82) is 0 Å². The zero-order valence-corrected chi connectivity index (χ0v) is 13.9. The number of hydrogen-bond donors (Lipinski definition) is 0. The molecule has 0 aliphatic rings. The van der Waals surface area contributed by atoms with E-state index in [0.717, 1.165) is 0 Å². The van der Waals surface area contributed by atoms with Crippen LogP contribution in [0.3, 0.4) is 0 Å². The van der Waals surface area contributed by atoms with Crippen molar-refractivity contribution in [3.63, 3.8) is 0 Å². The first-order valence-corrected chi connectivity index (χ1v) is 8.84. The van der Waals surface area contributed by atoms with Gasteiger partial charge in [0.25, 0.3) is 0 Å². The number of rotatable bonds is 3. The normalized spacial score (nSPS) is 11.7. The Balaban J connectivity index is 1.74. The minimum Gasteiger partial charge on any atom is -0.423 e. The summed E-state index contributed by atoms with van der Waals surface area (Å²) in [5, 5.41) is 1.08. The van der Waals surface area contributed by atoms with Gasteiger partial charge in [-0.2, -0.15) is 8.42 Å². The maximum absolute atomic E-state index is 12.5. The predicted octanol–water partition coefficient (Wildman–Crippen LogP) is 2.67. The maximum Gasteiger partial charge on any atom is 0.339 e. The van der Waals surface area contributed by atoms with Crippen LogP contribution in [-0.2, 0) is 10.1 Å². The third kappa shape index (κ3) is 2.98. The molecule has 0 bridgehead atoms. The van der Waals surface area contributed by atoms with E-state index < -0.39 is 21.4 Å². The molecule has 0 N–H and O–H groups in total. The SMILES string of the molecule is O=c1ccc2cc(S(=O)(=O)Oc3ccc4ccc(=O)oc4c3)ccc2o1. The molecule has 0 atom stereocenters. The van der Waals surface area contributed by atoms with Gasteiger partial charge in [-0.15, -0.1) is 0 Å². The molecule has 0 spiro atoms. The Morgan fingerprint density at radius 2 is 1.35 bits per heavy atom. The lowest BCUT2D eigenvalue weighted by atomic mass is 10.2. The average molecular weight is 370 g/mol. The maximum atomic E-state index is 12.5. The van der Waals surface area contributed by atoms with Crippen LogP contribution < -0.4 is 15.4 Å². The molecule has 2 aromatic carbocycles. The van der Waals surface area contributed by atoms with E-state index in [1.807, 2.05) is 0 Å². The minimum absolute atomic E-state index is 0.00606. The Morgan fingerprint density at radius 3 is 2.12 bits per heavy atom. The van der Waals surface area contributed by atoms with E-state index in [2.05, 4.69) is 0 Å². The Morgan fingerprint density at radius 1 is 0.692 bits per heavy atom. The van der Waals surface area contributed by atoms with Crippen LogP contribution in [0.1, 0.15) is 0 Å². The summed E-state index contributed by atoms with van der Waals surface area (Å²) in [7, 11) is -4.13. The van der Waals surface area contributed by atoms with Gasteiger partial charge in [-0.1, -0.05) is 0 Å². The van der Waals surface area contributed by atoms with Gasteiger partial charge in [-0.25, -0.2) is 9.59 Å². The predicted molar refractivity (Wildman–Crippen MR) is 92.8 cm³/mol. The molecule has 4 rings (SSSR count). The van der Waals surface area contributed by atoms with Crippen LogP contribution in [0.15, 0.2) is 84.0 Å². The highest BCUT2D eigenvalue weighted by molar-refractivity contribution is 7.87. The lowest BCUT2D eigenvalue weighted by molar-refractivity contribution is 0.485. The van der Waals surface area contributed by atoms with E-state index in [1.54, 1.807) is 12.1 Å². The molecule has 130 valence electrons. The fourth-order valence-electron chi connectivity index (χ4n) is 2.47. The molecule has 0 aliphatic carbocycles. The standard InChI is InChI=1S/C18H10O7S/c19-17-8-3-12-9-14(5-6-15(12)23-17)26(21,22)25-13-4-1-11-2-7-18(20)24-16(11)10-13/h1-10H. The summed E-state index contributed by atoms with van der Waals surface area (Å²) in [4.78, 5) is 22.4. The second-order valence-electron chi connectivity index (χ2n) is 5.45. The lowest BCUT2D eigenvalue weighted by Crippen LogP contribution is -2.10. The largest absolute Gasteiger partial charge is 0.423 e. The topological polar surface area (TPSA) is 104 Å². The van der Waals surface area contributed by atoms with E-state index in [1.165, 1.54) is 48.5 Å². The molecular weight excluding hydrogens is 360 g/mol. The quantitative estimate of drug-likeness (QED) is 0.403. The van der Waals surface area contributed by atoms with Gasteiger partial charge >= 0.3 is 21.4 Å². The van der Waals surface area contributed by atoms with E-state index in [4.69, 9.17) is 13.0 Å². The van der Waals surface area contributed by atoms with Crippen molar-refractivity contribution < 1.29 is 21.4 Å². The van der Waals surface area contributed by atoms with Crippen molar-refractivity contribution in [2.24, 2.45) is 0 Å². The first-order chi connectivity index (χ1) is 12.4. The second-order valence-corrected chi connectivity index (χ2v) is 6.99. The second kappa shape index (κ2) is 5.85. The van der Waals surface area contributed by atoms with Crippen molar-refractivity contribution >= 4 is 32.1 Å². The third-order valence-electron chi connectivity index (χ3n) is 3.68. The first kappa shape index (κ1) is 16.1. The molecule has 2 aromatic heterocycles. The zero-order chi connectivity index (χ0) is 18.3. The number of fused-ring (bicyclic) bond motifs is 2. The average Bonchev–Trinajstić information content (AvgIpc) is 2.60. The van der Waals surface area contributed by atoms with E-state index in [0.29, 0.717) is 10.8 Å². The van der Waals surface area contributed by atoms with Crippen LogP contribution in [0.5, 0.6) is 5.75 Å². The Labute approximate surface area is 146 Å². The highest BCUT2D eigenvalue weighted by Crippen LogP contribution is 2.25. The summed E-state index contributed by atoms with van der Waals surface area (Å²) in [6, 6.07) is 13.9. The molecule has 0 radical (unpaired) electrons. The molecule has 0 unspecified atom stereocenters. The fourth-order valence-corrected chi connectivity index (χ4v) is 3.43. The van der Waals surface area contributed by atoms with Crippen LogP contribution in [0.25, 0.3) is 21.9 Å². The summed E-state index contributed by atoms with van der Waals surface area (Å²) in [5.74, 6) is 0.00606. The third-order valence-corrected chi connectivity index (χ3v) is 4.92. The van der Waals surface area contributed by atoms with Gasteiger partial charge in [0.1, 0.15) is 21.8 Å². The van der Waals surface area contributed by atoms with Crippen LogP contribution in [0.2, 0.25) is 0 Å². The van der Waals surface area contributed by atoms with Gasteiger partial charge in [0.2, 0.25) is 0 Å². The lowest BCUT2D eigenvalue weighted by Gasteiger charge is -2.08. The van der Waals surface area contributed by atoms with Gasteiger partial charge in [0.05, 0.1) is 0 Å². The Kier molecular flexibility index (Phi) is 3.62. The van der Waals surface area contributed by atoms with Crippen LogP contribution >= 0.6 is 0 Å². The molecule has 4 aromatic rings. The van der Waals surface area contributed by atoms with Crippen molar-refractivity contribution in [1.82, 2.24) is 0 Å². The fraction of sp³-hybridized carbons (Fsp3) is 0. The Bertz CT molecular complexity index is 1360. The highest BCUT2D eigenvalue weighted by Gasteiger charge is 2.18. The highest BCUT2D eigenvalue weighted by atomic mass is 32.2. The monoisotopic (exact) mass is 370 g/mol. The number of benzene rings is 2. The van der Waals surface area contributed by atoms with Crippen LogP contribution in [-0.4, -0.2) is 8.42 Å². The minimum atomic E-state index is -4.13. The van der Waals surface area contributed by atoms with E-state index >= 15 is 0 Å². The van der Waals surface area contributed by atoms with Gasteiger partial charge < -0.3 is 13.0 Å². The van der Waals surface area contributed by atoms with Gasteiger partial charge in [0.15, 0.2) is 0 Å². The number of hydrogen-bond acceptors (Lipinski definition) is 7. The molecule has 0 fully saturated rings. The summed E-state index contributed by atoms with van der Waals surface area (Å²) in [6.07, 6.45) is 0. The van der Waals surface area contributed by atoms with Gasteiger partial charge in [-0.05, 0) is 42.5 Å². The van der Waals surface area contributed by atoms with Gasteiger partial charge in [0, 0.05) is 29.0 Å². The van der Waals surface area contributed by atoms with Crippen molar-refractivity contribution in [2.45, 2.75) is 4.90 Å². The summed E-state index contributed by atoms with van der Waals surface area (Å²) in [5.41, 5.74) is -0.593. The van der Waals surface area contributed by atoms with E-state index in [9.17, 15) is 18.0 Å². The summed E-state index contributed by atoms with van der Waals surface area (Å²) < 4.78 is 40.1. The molecule has 7 nitrogen and oxygen atoms in total. The van der Waals surface area contributed by atoms with Gasteiger partial charge in [-0.3, -0.25) is 0 Å². The van der Waals surface area contributed by atoms with Crippen LogP contribution in [0.4, 0.5) is 0 Å². The molecule has 0 saturated heterocycles. The molecule has 2 heterocycles. The van der Waals surface area contributed by atoms with Crippen molar-refractivity contribution in [3.8, 4) is 5.75 Å². The first-order valence-electron chi connectivity index (χ1n) is 7.43. The molecule has 26 heavy (non-hydrogen) atoms. The summed E-state index contributed by atoms with van der Waals surface area (Å²) >= 11 is 0. The van der Waals surface area contributed by atoms with Crippen molar-refractivity contribution in [2.75, 3.05) is 0 Å². The molecule has 0 saturated carbocycles. The van der Waals surface area contributed by atoms with Crippen LogP contribution in [0, 0.1) is 0 Å². The molecular formula is C18H10O7S. The Hall–Kier alpha value is -3.39. The van der Waals surface area contributed by atoms with Crippen molar-refractivity contribution in [3.05, 3.63) is 81.5 Å². The summed E-state index contributed by atoms with van der Waals surface area (Å²) in [6.45, 7) is 0. The molecule has 0 aliphatic heterocycles. The molecule has 8 heteroatoms. The molecule has 0 amide bonds. The van der Waals surface area contributed by atoms with E-state index in [-0.39, 0.29) is 21.8 Å². The smallest absolute Gasteiger partial charge is 0.339 e.